The van der Waals surface area contributed by atoms with Crippen LogP contribution in [-0.4, -0.2) is 29.9 Å². The van der Waals surface area contributed by atoms with Crippen molar-refractivity contribution in [2.24, 2.45) is 0 Å². The van der Waals surface area contributed by atoms with E-state index in [0.29, 0.717) is 11.5 Å². The first kappa shape index (κ1) is 16.1. The highest BCUT2D eigenvalue weighted by atomic mass is 35.5. The van der Waals surface area contributed by atoms with Gasteiger partial charge in [-0.3, -0.25) is 9.69 Å². The third-order valence-electron chi connectivity index (χ3n) is 4.19. The number of hydrogen-bond donors (Lipinski definition) is 1. The molecule has 0 bridgehead atoms. The van der Waals surface area contributed by atoms with Gasteiger partial charge in [-0.25, -0.2) is 0 Å². The van der Waals surface area contributed by atoms with Crippen molar-refractivity contribution in [1.82, 2.24) is 10.2 Å². The van der Waals surface area contributed by atoms with E-state index in [1.165, 1.54) is 5.56 Å². The maximum absolute atomic E-state index is 12.2. The number of nitrogens with zero attached hydrogens (tertiary/aromatic N) is 1. The molecule has 0 atom stereocenters. The van der Waals surface area contributed by atoms with Gasteiger partial charge in [-0.15, -0.1) is 11.6 Å². The van der Waals surface area contributed by atoms with Gasteiger partial charge in [0.2, 0.25) is 0 Å². The predicted octanol–water partition coefficient (Wildman–Crippen LogP) is 3.41. The lowest BCUT2D eigenvalue weighted by atomic mass is 10.0. The molecule has 1 N–H and O–H groups in total. The SMILES string of the molecule is O=C(NC1CCN(Cc2ccccc2)CC1)c1ccc(CCl)o1. The lowest BCUT2D eigenvalue weighted by Crippen LogP contribution is -2.44. The summed E-state index contributed by atoms with van der Waals surface area (Å²) in [5.41, 5.74) is 1.33. The van der Waals surface area contributed by atoms with Crippen LogP contribution < -0.4 is 5.32 Å². The maximum atomic E-state index is 12.2. The van der Waals surface area contributed by atoms with Crippen LogP contribution in [0.1, 0.15) is 34.7 Å². The molecule has 1 aromatic heterocycles. The third-order valence-corrected chi connectivity index (χ3v) is 4.45. The van der Waals surface area contributed by atoms with Crippen molar-refractivity contribution >= 4 is 17.5 Å². The van der Waals surface area contributed by atoms with Crippen LogP contribution in [-0.2, 0) is 12.4 Å². The first-order valence-electron chi connectivity index (χ1n) is 7.96. The summed E-state index contributed by atoms with van der Waals surface area (Å²) in [7, 11) is 0. The molecular weight excluding hydrogens is 312 g/mol. The van der Waals surface area contributed by atoms with E-state index in [1.54, 1.807) is 12.1 Å². The second kappa shape index (κ2) is 7.66. The quantitative estimate of drug-likeness (QED) is 0.853. The molecule has 4 nitrogen and oxygen atoms in total. The number of carbonyl (C=O) groups excluding carboxylic acids is 1. The monoisotopic (exact) mass is 332 g/mol. The van der Waals surface area contributed by atoms with Crippen molar-refractivity contribution in [3.8, 4) is 0 Å². The lowest BCUT2D eigenvalue weighted by molar-refractivity contribution is 0.0879. The molecule has 122 valence electrons. The fraction of sp³-hybridized carbons (Fsp3) is 0.389. The summed E-state index contributed by atoms with van der Waals surface area (Å²) in [6, 6.07) is 14.1. The first-order chi connectivity index (χ1) is 11.2. The third kappa shape index (κ3) is 4.36. The summed E-state index contributed by atoms with van der Waals surface area (Å²) < 4.78 is 5.38. The van der Waals surface area contributed by atoms with Gasteiger partial charge in [0.05, 0.1) is 5.88 Å². The Labute approximate surface area is 141 Å². The van der Waals surface area contributed by atoms with Crippen LogP contribution in [0, 0.1) is 0 Å². The number of benzene rings is 1. The largest absolute Gasteiger partial charge is 0.455 e. The van der Waals surface area contributed by atoms with Crippen molar-refractivity contribution in [3.63, 3.8) is 0 Å². The van der Waals surface area contributed by atoms with Crippen LogP contribution in [0.25, 0.3) is 0 Å². The molecule has 5 heteroatoms. The highest BCUT2D eigenvalue weighted by Gasteiger charge is 2.22. The molecule has 1 aliphatic rings. The van der Waals surface area contributed by atoms with Crippen LogP contribution in [0.15, 0.2) is 46.9 Å². The first-order valence-corrected chi connectivity index (χ1v) is 8.50. The standard InChI is InChI=1S/C18H21ClN2O2/c19-12-16-6-7-17(23-16)18(22)20-15-8-10-21(11-9-15)13-14-4-2-1-3-5-14/h1-7,15H,8-13H2,(H,20,22). The number of amides is 1. The highest BCUT2D eigenvalue weighted by molar-refractivity contribution is 6.16. The van der Waals surface area contributed by atoms with Crippen LogP contribution in [0.3, 0.4) is 0 Å². The minimum absolute atomic E-state index is 0.150. The number of furan rings is 1. The summed E-state index contributed by atoms with van der Waals surface area (Å²) >= 11 is 5.69. The Morgan fingerprint density at radius 3 is 2.57 bits per heavy atom. The van der Waals surface area contributed by atoms with E-state index in [4.69, 9.17) is 16.0 Å². The van der Waals surface area contributed by atoms with Crippen LogP contribution in [0.2, 0.25) is 0 Å². The smallest absolute Gasteiger partial charge is 0.287 e. The summed E-state index contributed by atoms with van der Waals surface area (Å²) in [5.74, 6) is 1.09. The van der Waals surface area contributed by atoms with Crippen molar-refractivity contribution in [2.45, 2.75) is 31.3 Å². The molecule has 1 amide bonds. The van der Waals surface area contributed by atoms with E-state index >= 15 is 0 Å². The maximum Gasteiger partial charge on any atom is 0.287 e. The molecule has 3 rings (SSSR count). The van der Waals surface area contributed by atoms with E-state index in [1.807, 2.05) is 6.07 Å². The van der Waals surface area contributed by atoms with Gasteiger partial charge in [0.15, 0.2) is 5.76 Å². The molecule has 1 aromatic carbocycles. The molecule has 1 fully saturated rings. The summed E-state index contributed by atoms with van der Waals surface area (Å²) in [6.45, 7) is 2.95. The average molecular weight is 333 g/mol. The Kier molecular flexibility index (Phi) is 5.36. The van der Waals surface area contributed by atoms with Gasteiger partial charge < -0.3 is 9.73 Å². The number of hydrogen-bond acceptors (Lipinski definition) is 3. The fourth-order valence-corrected chi connectivity index (χ4v) is 3.05. The Bertz CT molecular complexity index is 633. The number of carbonyl (C=O) groups is 1. The second-order valence-electron chi connectivity index (χ2n) is 5.91. The van der Waals surface area contributed by atoms with Gasteiger partial charge >= 0.3 is 0 Å². The second-order valence-corrected chi connectivity index (χ2v) is 6.18. The molecule has 0 radical (unpaired) electrons. The molecule has 23 heavy (non-hydrogen) atoms. The van der Waals surface area contributed by atoms with E-state index in [-0.39, 0.29) is 17.8 Å². The Morgan fingerprint density at radius 1 is 1.17 bits per heavy atom. The molecule has 1 saturated heterocycles. The molecule has 0 spiro atoms. The topological polar surface area (TPSA) is 45.5 Å². The molecule has 0 unspecified atom stereocenters. The van der Waals surface area contributed by atoms with Gasteiger partial charge in [0.1, 0.15) is 5.76 Å². The summed E-state index contributed by atoms with van der Waals surface area (Å²) in [4.78, 5) is 14.6. The Hall–Kier alpha value is -1.78. The van der Waals surface area contributed by atoms with Crippen LogP contribution in [0.5, 0.6) is 0 Å². The minimum Gasteiger partial charge on any atom is -0.455 e. The zero-order chi connectivity index (χ0) is 16.1. The van der Waals surface area contributed by atoms with Crippen LogP contribution >= 0.6 is 11.6 Å². The summed E-state index contributed by atoms with van der Waals surface area (Å²) in [5, 5.41) is 3.05. The minimum atomic E-state index is -0.150. The van der Waals surface area contributed by atoms with E-state index in [2.05, 4.69) is 34.5 Å². The number of halogens is 1. The number of likely N-dealkylation sites (tertiary alicyclic amines) is 1. The van der Waals surface area contributed by atoms with Gasteiger partial charge in [-0.05, 0) is 30.5 Å². The van der Waals surface area contributed by atoms with Gasteiger partial charge in [-0.2, -0.15) is 0 Å². The molecule has 2 aromatic rings. The number of alkyl halides is 1. The number of piperidine rings is 1. The number of nitrogens with one attached hydrogen (secondary N) is 1. The predicted molar refractivity (Wildman–Crippen MR) is 90.5 cm³/mol. The molecule has 2 heterocycles. The van der Waals surface area contributed by atoms with Crippen LogP contribution in [0.4, 0.5) is 0 Å². The zero-order valence-corrected chi connectivity index (χ0v) is 13.8. The molecule has 0 aliphatic carbocycles. The van der Waals surface area contributed by atoms with Crippen molar-refractivity contribution < 1.29 is 9.21 Å². The lowest BCUT2D eigenvalue weighted by Gasteiger charge is -2.32. The molecular formula is C18H21ClN2O2. The summed E-state index contributed by atoms with van der Waals surface area (Å²) in [6.07, 6.45) is 1.92. The van der Waals surface area contributed by atoms with Crippen molar-refractivity contribution in [2.75, 3.05) is 13.1 Å². The van der Waals surface area contributed by atoms with Gasteiger partial charge in [-0.1, -0.05) is 30.3 Å². The zero-order valence-electron chi connectivity index (χ0n) is 13.0. The number of rotatable bonds is 5. The van der Waals surface area contributed by atoms with E-state index < -0.39 is 0 Å². The average Bonchev–Trinajstić information content (AvgIpc) is 3.07. The van der Waals surface area contributed by atoms with E-state index in [0.717, 1.165) is 32.5 Å². The van der Waals surface area contributed by atoms with E-state index in [9.17, 15) is 4.79 Å². The van der Waals surface area contributed by atoms with Gasteiger partial charge in [0.25, 0.3) is 5.91 Å². The highest BCUT2D eigenvalue weighted by Crippen LogP contribution is 2.15. The van der Waals surface area contributed by atoms with Crippen molar-refractivity contribution in [3.05, 3.63) is 59.5 Å². The molecule has 1 aliphatic heterocycles. The Balaban J connectivity index is 1.46. The van der Waals surface area contributed by atoms with Gasteiger partial charge in [0, 0.05) is 25.7 Å². The fourth-order valence-electron chi connectivity index (χ4n) is 2.91. The van der Waals surface area contributed by atoms with Crippen molar-refractivity contribution in [1.29, 1.82) is 0 Å². The molecule has 0 saturated carbocycles. The normalized spacial score (nSPS) is 16.4. The Morgan fingerprint density at radius 2 is 1.91 bits per heavy atom.